The van der Waals surface area contributed by atoms with Crippen molar-refractivity contribution in [2.75, 3.05) is 24.8 Å². The van der Waals surface area contributed by atoms with Gasteiger partial charge in [0.25, 0.3) is 5.91 Å². The van der Waals surface area contributed by atoms with Crippen molar-refractivity contribution < 1.29 is 19.4 Å². The van der Waals surface area contributed by atoms with Crippen molar-refractivity contribution in [2.45, 2.75) is 24.7 Å². The second-order valence-electron chi connectivity index (χ2n) is 7.38. The van der Waals surface area contributed by atoms with Crippen molar-refractivity contribution >= 4 is 29.3 Å². The van der Waals surface area contributed by atoms with Gasteiger partial charge in [-0.15, -0.1) is 16.8 Å². The number of aromatic nitrogens is 3. The predicted octanol–water partition coefficient (Wildman–Crippen LogP) is 2.98. The number of aliphatic hydroxyl groups excluding tert-OH is 1. The molecule has 9 nitrogen and oxygen atoms in total. The van der Waals surface area contributed by atoms with E-state index in [-0.39, 0.29) is 24.2 Å². The van der Waals surface area contributed by atoms with Crippen LogP contribution in [0, 0.1) is 6.92 Å². The van der Waals surface area contributed by atoms with Crippen LogP contribution in [0.3, 0.4) is 0 Å². The molecular formula is C24H27N5O4S. The van der Waals surface area contributed by atoms with Gasteiger partial charge in [0.05, 0.1) is 19.5 Å². The third-order valence-electron chi connectivity index (χ3n) is 4.88. The molecule has 3 aromatic rings. The zero-order valence-corrected chi connectivity index (χ0v) is 19.8. The number of hydrogen-bond donors (Lipinski definition) is 3. The van der Waals surface area contributed by atoms with E-state index in [4.69, 9.17) is 4.74 Å². The topological polar surface area (TPSA) is 118 Å². The summed E-state index contributed by atoms with van der Waals surface area (Å²) in [6.07, 6.45) is 1.66. The largest absolute Gasteiger partial charge is 0.497 e. The Kier molecular flexibility index (Phi) is 8.83. The SMILES string of the molecule is C=CCn1c(SCC(=O)Nc2ccc(C)cc2)nnc1[C@@H](CO)NC(=O)c1ccc(OC)cc1. The van der Waals surface area contributed by atoms with Crippen LogP contribution in [0.25, 0.3) is 0 Å². The molecule has 3 rings (SSSR count). The molecule has 178 valence electrons. The monoisotopic (exact) mass is 481 g/mol. The third-order valence-corrected chi connectivity index (χ3v) is 5.84. The highest BCUT2D eigenvalue weighted by Crippen LogP contribution is 2.22. The number of ether oxygens (including phenoxy) is 1. The van der Waals surface area contributed by atoms with E-state index in [1.54, 1.807) is 42.0 Å². The molecule has 0 unspecified atom stereocenters. The summed E-state index contributed by atoms with van der Waals surface area (Å²) >= 11 is 1.21. The number of thioether (sulfide) groups is 1. The molecule has 0 radical (unpaired) electrons. The number of nitrogens with zero attached hydrogens (tertiary/aromatic N) is 3. The number of aryl methyl sites for hydroxylation is 1. The minimum absolute atomic E-state index is 0.116. The molecular weight excluding hydrogens is 454 g/mol. The Labute approximate surface area is 202 Å². The molecule has 2 aromatic carbocycles. The lowest BCUT2D eigenvalue weighted by atomic mass is 10.2. The van der Waals surface area contributed by atoms with Crippen LogP contribution >= 0.6 is 11.8 Å². The van der Waals surface area contributed by atoms with Crippen LogP contribution in [0.4, 0.5) is 5.69 Å². The normalized spacial score (nSPS) is 11.5. The van der Waals surface area contributed by atoms with E-state index < -0.39 is 6.04 Å². The van der Waals surface area contributed by atoms with E-state index in [0.29, 0.717) is 34.5 Å². The summed E-state index contributed by atoms with van der Waals surface area (Å²) in [5.74, 6) is 0.557. The first-order chi connectivity index (χ1) is 16.4. The molecule has 2 amide bonds. The van der Waals surface area contributed by atoms with E-state index in [0.717, 1.165) is 5.56 Å². The number of rotatable bonds is 11. The molecule has 0 bridgehead atoms. The standard InChI is InChI=1S/C24H27N5O4S/c1-4-13-29-22(20(14-30)26-23(32)17-7-11-19(33-3)12-8-17)27-28-24(29)34-15-21(31)25-18-9-5-16(2)6-10-18/h4-12,20,30H,1,13-15H2,2-3H3,(H,25,31)(H,26,32)/t20-/m1/s1. The zero-order valence-electron chi connectivity index (χ0n) is 19.0. The maximum atomic E-state index is 12.7. The minimum atomic E-state index is -0.794. The van der Waals surface area contributed by atoms with Crippen LogP contribution in [-0.4, -0.2) is 51.2 Å². The first kappa shape index (κ1) is 25.0. The summed E-state index contributed by atoms with van der Waals surface area (Å²) in [5.41, 5.74) is 2.23. The van der Waals surface area contributed by atoms with Gasteiger partial charge >= 0.3 is 0 Å². The average Bonchev–Trinajstić information content (AvgIpc) is 3.25. The molecule has 1 atom stereocenters. The van der Waals surface area contributed by atoms with Crippen molar-refractivity contribution in [3.63, 3.8) is 0 Å². The molecule has 0 aliphatic rings. The van der Waals surface area contributed by atoms with Crippen molar-refractivity contribution in [1.29, 1.82) is 0 Å². The van der Waals surface area contributed by atoms with Gasteiger partial charge in [-0.2, -0.15) is 0 Å². The molecule has 0 saturated carbocycles. The second-order valence-corrected chi connectivity index (χ2v) is 8.32. The van der Waals surface area contributed by atoms with E-state index in [1.807, 2.05) is 31.2 Å². The first-order valence-electron chi connectivity index (χ1n) is 10.5. The van der Waals surface area contributed by atoms with Crippen LogP contribution in [-0.2, 0) is 11.3 Å². The van der Waals surface area contributed by atoms with Crippen molar-refractivity contribution in [3.8, 4) is 5.75 Å². The lowest BCUT2D eigenvalue weighted by molar-refractivity contribution is -0.113. The van der Waals surface area contributed by atoms with Crippen LogP contribution < -0.4 is 15.4 Å². The highest BCUT2D eigenvalue weighted by atomic mass is 32.2. The number of hydrogen-bond acceptors (Lipinski definition) is 7. The molecule has 0 spiro atoms. The molecule has 3 N–H and O–H groups in total. The van der Waals surface area contributed by atoms with Crippen molar-refractivity contribution in [3.05, 3.63) is 78.1 Å². The number of carbonyl (C=O) groups is 2. The number of nitrogens with one attached hydrogen (secondary N) is 2. The smallest absolute Gasteiger partial charge is 0.251 e. The fraction of sp³-hybridized carbons (Fsp3) is 0.250. The molecule has 0 saturated heterocycles. The summed E-state index contributed by atoms with van der Waals surface area (Å²) in [7, 11) is 1.55. The van der Waals surface area contributed by atoms with Gasteiger partial charge < -0.3 is 25.0 Å². The van der Waals surface area contributed by atoms with E-state index in [2.05, 4.69) is 27.4 Å². The highest BCUT2D eigenvalue weighted by Gasteiger charge is 2.23. The number of allylic oxidation sites excluding steroid dienone is 1. The number of methoxy groups -OCH3 is 1. The van der Waals surface area contributed by atoms with Gasteiger partial charge in [-0.25, -0.2) is 0 Å². The molecule has 0 fully saturated rings. The van der Waals surface area contributed by atoms with Crippen LogP contribution in [0.1, 0.15) is 27.8 Å². The fourth-order valence-electron chi connectivity index (χ4n) is 3.11. The summed E-state index contributed by atoms with van der Waals surface area (Å²) in [6, 6.07) is 13.4. The Hall–Kier alpha value is -3.63. The van der Waals surface area contributed by atoms with Gasteiger partial charge in [-0.3, -0.25) is 9.59 Å². The van der Waals surface area contributed by atoms with Gasteiger partial charge in [-0.1, -0.05) is 35.5 Å². The first-order valence-corrected chi connectivity index (χ1v) is 11.5. The highest BCUT2D eigenvalue weighted by molar-refractivity contribution is 7.99. The van der Waals surface area contributed by atoms with E-state index in [1.165, 1.54) is 11.8 Å². The summed E-state index contributed by atoms with van der Waals surface area (Å²) in [6.45, 7) is 5.70. The Morgan fingerprint density at radius 3 is 2.50 bits per heavy atom. The Bertz CT molecular complexity index is 1130. The van der Waals surface area contributed by atoms with Crippen molar-refractivity contribution in [2.24, 2.45) is 0 Å². The number of amides is 2. The van der Waals surface area contributed by atoms with Gasteiger partial charge in [-0.05, 0) is 43.3 Å². The van der Waals surface area contributed by atoms with Crippen LogP contribution in [0.5, 0.6) is 5.75 Å². The number of aliphatic hydroxyl groups is 1. The summed E-state index contributed by atoms with van der Waals surface area (Å²) < 4.78 is 6.82. The molecule has 1 heterocycles. The molecule has 0 aliphatic carbocycles. The fourth-order valence-corrected chi connectivity index (χ4v) is 3.86. The second kappa shape index (κ2) is 12.0. The Morgan fingerprint density at radius 2 is 1.88 bits per heavy atom. The lowest BCUT2D eigenvalue weighted by Crippen LogP contribution is -2.33. The maximum absolute atomic E-state index is 12.7. The average molecular weight is 482 g/mol. The van der Waals surface area contributed by atoms with Crippen LogP contribution in [0.15, 0.2) is 66.3 Å². The van der Waals surface area contributed by atoms with E-state index in [9.17, 15) is 14.7 Å². The van der Waals surface area contributed by atoms with Gasteiger partial charge in [0, 0.05) is 17.8 Å². The molecule has 0 aliphatic heterocycles. The number of carbonyl (C=O) groups excluding carboxylic acids is 2. The number of benzene rings is 2. The van der Waals surface area contributed by atoms with Gasteiger partial charge in [0.2, 0.25) is 5.91 Å². The molecule has 10 heteroatoms. The summed E-state index contributed by atoms with van der Waals surface area (Å²) in [5, 5.41) is 24.4. The lowest BCUT2D eigenvalue weighted by Gasteiger charge is -2.17. The summed E-state index contributed by atoms with van der Waals surface area (Å²) in [4.78, 5) is 25.0. The maximum Gasteiger partial charge on any atom is 0.251 e. The predicted molar refractivity (Wildman–Crippen MR) is 131 cm³/mol. The minimum Gasteiger partial charge on any atom is -0.497 e. The quantitative estimate of drug-likeness (QED) is 0.285. The van der Waals surface area contributed by atoms with Crippen LogP contribution in [0.2, 0.25) is 0 Å². The van der Waals surface area contributed by atoms with Gasteiger partial charge in [0.15, 0.2) is 11.0 Å². The van der Waals surface area contributed by atoms with Crippen molar-refractivity contribution in [1.82, 2.24) is 20.1 Å². The Balaban J connectivity index is 1.69. The zero-order chi connectivity index (χ0) is 24.5. The molecule has 1 aromatic heterocycles. The van der Waals surface area contributed by atoms with Gasteiger partial charge in [0.1, 0.15) is 11.8 Å². The Morgan fingerprint density at radius 1 is 1.18 bits per heavy atom. The van der Waals surface area contributed by atoms with E-state index >= 15 is 0 Å². The molecule has 34 heavy (non-hydrogen) atoms. The third kappa shape index (κ3) is 6.46. The number of anilines is 1.